The molecule has 0 radical (unpaired) electrons. The van der Waals surface area contributed by atoms with Gasteiger partial charge in [-0.25, -0.2) is 4.79 Å². The second kappa shape index (κ2) is 4.97. The van der Waals surface area contributed by atoms with Crippen LogP contribution in [0.4, 0.5) is 0 Å². The van der Waals surface area contributed by atoms with E-state index < -0.39 is 5.97 Å². The van der Waals surface area contributed by atoms with Crippen molar-refractivity contribution in [3.63, 3.8) is 0 Å². The first-order valence-corrected chi connectivity index (χ1v) is 5.75. The van der Waals surface area contributed by atoms with E-state index in [1.54, 1.807) is 0 Å². The van der Waals surface area contributed by atoms with Crippen molar-refractivity contribution in [2.75, 3.05) is 0 Å². The molecule has 0 unspecified atom stereocenters. The summed E-state index contributed by atoms with van der Waals surface area (Å²) < 4.78 is 0. The van der Waals surface area contributed by atoms with Crippen LogP contribution < -0.4 is 0 Å². The number of rotatable bonds is 3. The van der Waals surface area contributed by atoms with Gasteiger partial charge in [-0.1, -0.05) is 35.9 Å². The fraction of sp³-hybridized carbons (Fsp3) is 0.357. The van der Waals surface area contributed by atoms with E-state index in [1.165, 1.54) is 5.56 Å². The van der Waals surface area contributed by atoms with Crippen LogP contribution in [0.3, 0.4) is 0 Å². The van der Waals surface area contributed by atoms with Crippen molar-refractivity contribution >= 4 is 5.97 Å². The zero-order chi connectivity index (χ0) is 11.4. The first-order chi connectivity index (χ1) is 7.77. The Hall–Kier alpha value is -1.57. The van der Waals surface area contributed by atoms with Gasteiger partial charge in [-0.05, 0) is 37.7 Å². The minimum absolute atomic E-state index is 0.648. The maximum Gasteiger partial charge on any atom is 0.331 e. The van der Waals surface area contributed by atoms with E-state index >= 15 is 0 Å². The van der Waals surface area contributed by atoms with Crippen LogP contribution in [0, 0.1) is 0 Å². The molecule has 84 valence electrons. The van der Waals surface area contributed by atoms with Gasteiger partial charge in [-0.2, -0.15) is 0 Å². The van der Waals surface area contributed by atoms with E-state index in [0.29, 0.717) is 5.57 Å². The lowest BCUT2D eigenvalue weighted by molar-refractivity contribution is -0.133. The second-order valence-corrected chi connectivity index (χ2v) is 4.26. The Morgan fingerprint density at radius 1 is 1.12 bits per heavy atom. The molecule has 1 aromatic carbocycles. The highest BCUT2D eigenvalue weighted by Crippen LogP contribution is 2.27. The standard InChI is InChI=1S/C14H16O2/c15-14(16)13-9-5-4-8-12(13)10-11-6-2-1-3-7-11/h1-3,6-7H,4-5,8-10H2,(H,15,16). The highest BCUT2D eigenvalue weighted by atomic mass is 16.4. The van der Waals surface area contributed by atoms with Gasteiger partial charge >= 0.3 is 5.97 Å². The Bertz CT molecular complexity index is 404. The molecule has 1 aliphatic rings. The molecule has 0 fully saturated rings. The maximum atomic E-state index is 11.1. The van der Waals surface area contributed by atoms with E-state index in [4.69, 9.17) is 5.11 Å². The van der Waals surface area contributed by atoms with Crippen LogP contribution >= 0.6 is 0 Å². The van der Waals surface area contributed by atoms with E-state index in [0.717, 1.165) is 37.7 Å². The molecule has 0 bridgehead atoms. The van der Waals surface area contributed by atoms with E-state index in [1.807, 2.05) is 18.2 Å². The summed E-state index contributed by atoms with van der Waals surface area (Å²) in [6.07, 6.45) is 4.61. The second-order valence-electron chi connectivity index (χ2n) is 4.26. The summed E-state index contributed by atoms with van der Waals surface area (Å²) in [6, 6.07) is 10.1. The molecule has 1 aliphatic carbocycles. The molecule has 0 saturated heterocycles. The quantitative estimate of drug-likeness (QED) is 0.842. The zero-order valence-corrected chi connectivity index (χ0v) is 9.28. The first kappa shape index (κ1) is 10.9. The Kier molecular flexibility index (Phi) is 3.40. The lowest BCUT2D eigenvalue weighted by Gasteiger charge is -2.17. The average Bonchev–Trinajstić information content (AvgIpc) is 2.31. The summed E-state index contributed by atoms with van der Waals surface area (Å²) in [4.78, 5) is 11.1. The van der Waals surface area contributed by atoms with Crippen LogP contribution in [0.15, 0.2) is 41.5 Å². The van der Waals surface area contributed by atoms with E-state index in [2.05, 4.69) is 12.1 Å². The SMILES string of the molecule is O=C(O)C1=C(Cc2ccccc2)CCCC1. The predicted molar refractivity (Wildman–Crippen MR) is 63.3 cm³/mol. The molecule has 2 heteroatoms. The van der Waals surface area contributed by atoms with Crippen molar-refractivity contribution in [1.29, 1.82) is 0 Å². The molecular formula is C14H16O2. The van der Waals surface area contributed by atoms with Crippen molar-refractivity contribution in [2.45, 2.75) is 32.1 Å². The van der Waals surface area contributed by atoms with E-state index in [9.17, 15) is 4.79 Å². The number of carboxylic acids is 1. The van der Waals surface area contributed by atoms with Gasteiger partial charge in [0.15, 0.2) is 0 Å². The molecule has 1 aromatic rings. The lowest BCUT2D eigenvalue weighted by Crippen LogP contribution is -2.10. The Morgan fingerprint density at radius 2 is 1.81 bits per heavy atom. The van der Waals surface area contributed by atoms with Gasteiger partial charge in [-0.15, -0.1) is 0 Å². The van der Waals surface area contributed by atoms with Crippen LogP contribution in [-0.2, 0) is 11.2 Å². The molecule has 0 aromatic heterocycles. The molecule has 0 amide bonds. The maximum absolute atomic E-state index is 11.1. The minimum atomic E-state index is -0.731. The van der Waals surface area contributed by atoms with Gasteiger partial charge in [0.05, 0.1) is 0 Å². The molecule has 0 saturated carbocycles. The number of allylic oxidation sites excluding steroid dienone is 1. The number of aliphatic carboxylic acids is 1. The highest BCUT2D eigenvalue weighted by Gasteiger charge is 2.18. The Morgan fingerprint density at radius 3 is 2.50 bits per heavy atom. The van der Waals surface area contributed by atoms with Gasteiger partial charge in [0, 0.05) is 5.57 Å². The summed E-state index contributed by atoms with van der Waals surface area (Å²) in [5.74, 6) is -0.731. The number of carbonyl (C=O) groups is 1. The van der Waals surface area contributed by atoms with Crippen molar-refractivity contribution in [3.05, 3.63) is 47.0 Å². The molecule has 0 spiro atoms. The monoisotopic (exact) mass is 216 g/mol. The number of carboxylic acid groups (broad SMARTS) is 1. The van der Waals surface area contributed by atoms with Crippen molar-refractivity contribution in [1.82, 2.24) is 0 Å². The van der Waals surface area contributed by atoms with Crippen LogP contribution in [0.2, 0.25) is 0 Å². The first-order valence-electron chi connectivity index (χ1n) is 5.75. The van der Waals surface area contributed by atoms with Crippen molar-refractivity contribution in [3.8, 4) is 0 Å². The minimum Gasteiger partial charge on any atom is -0.478 e. The van der Waals surface area contributed by atoms with Crippen molar-refractivity contribution in [2.24, 2.45) is 0 Å². The third-order valence-corrected chi connectivity index (χ3v) is 3.10. The summed E-state index contributed by atoms with van der Waals surface area (Å²) in [5.41, 5.74) is 2.97. The van der Waals surface area contributed by atoms with Gasteiger partial charge in [0.2, 0.25) is 0 Å². The van der Waals surface area contributed by atoms with Crippen LogP contribution in [0.1, 0.15) is 31.2 Å². The molecule has 2 nitrogen and oxygen atoms in total. The topological polar surface area (TPSA) is 37.3 Å². The van der Waals surface area contributed by atoms with Gasteiger partial charge in [0.1, 0.15) is 0 Å². The smallest absolute Gasteiger partial charge is 0.331 e. The fourth-order valence-corrected chi connectivity index (χ4v) is 2.26. The molecule has 0 heterocycles. The molecule has 0 aliphatic heterocycles. The fourth-order valence-electron chi connectivity index (χ4n) is 2.26. The van der Waals surface area contributed by atoms with Gasteiger partial charge in [0.25, 0.3) is 0 Å². The van der Waals surface area contributed by atoms with Gasteiger partial charge < -0.3 is 5.11 Å². The number of benzene rings is 1. The van der Waals surface area contributed by atoms with E-state index in [-0.39, 0.29) is 0 Å². The van der Waals surface area contributed by atoms with Crippen LogP contribution in [-0.4, -0.2) is 11.1 Å². The van der Waals surface area contributed by atoms with Gasteiger partial charge in [-0.3, -0.25) is 0 Å². The van der Waals surface area contributed by atoms with Crippen LogP contribution in [0.25, 0.3) is 0 Å². The third kappa shape index (κ3) is 2.51. The lowest BCUT2D eigenvalue weighted by atomic mass is 9.88. The highest BCUT2D eigenvalue weighted by molar-refractivity contribution is 5.87. The largest absolute Gasteiger partial charge is 0.478 e. The molecular weight excluding hydrogens is 200 g/mol. The Balaban J connectivity index is 2.21. The molecule has 1 N–H and O–H groups in total. The van der Waals surface area contributed by atoms with Crippen molar-refractivity contribution < 1.29 is 9.90 Å². The summed E-state index contributed by atoms with van der Waals surface area (Å²) in [7, 11) is 0. The third-order valence-electron chi connectivity index (χ3n) is 3.10. The predicted octanol–water partition coefficient (Wildman–Crippen LogP) is 3.18. The number of hydrogen-bond donors (Lipinski definition) is 1. The molecule has 16 heavy (non-hydrogen) atoms. The summed E-state index contributed by atoms with van der Waals surface area (Å²) in [6.45, 7) is 0. The molecule has 0 atom stereocenters. The molecule has 2 rings (SSSR count). The normalized spacial score (nSPS) is 16.2. The Labute approximate surface area is 95.6 Å². The number of hydrogen-bond acceptors (Lipinski definition) is 1. The average molecular weight is 216 g/mol. The zero-order valence-electron chi connectivity index (χ0n) is 9.28. The summed E-state index contributed by atoms with van der Waals surface area (Å²) in [5, 5.41) is 9.13. The van der Waals surface area contributed by atoms with Crippen LogP contribution in [0.5, 0.6) is 0 Å². The summed E-state index contributed by atoms with van der Waals surface area (Å²) >= 11 is 0.